The Labute approximate surface area is 198 Å². The second kappa shape index (κ2) is 9.02. The van der Waals surface area contributed by atoms with Crippen molar-refractivity contribution in [1.29, 1.82) is 0 Å². The summed E-state index contributed by atoms with van der Waals surface area (Å²) in [6.45, 7) is 9.55. The Morgan fingerprint density at radius 3 is 2.21 bits per heavy atom. The molecule has 1 aromatic carbocycles. The topological polar surface area (TPSA) is 69.1 Å². The molecule has 2 saturated heterocycles. The number of aromatic nitrogens is 1. The number of benzene rings is 1. The largest absolute Gasteiger partial charge is 0.367 e. The first kappa shape index (κ1) is 22.8. The van der Waals surface area contributed by atoms with Crippen LogP contribution in [-0.4, -0.2) is 90.0 Å². The Hall–Kier alpha value is -2.94. The van der Waals surface area contributed by atoms with Gasteiger partial charge in [0.05, 0.1) is 11.2 Å². The molecule has 3 fully saturated rings. The van der Waals surface area contributed by atoms with Crippen LogP contribution >= 0.6 is 0 Å². The molecule has 0 atom stereocenters. The van der Waals surface area contributed by atoms with Crippen LogP contribution < -0.4 is 10.3 Å². The number of fused-ring (bicyclic) bond motifs is 1. The Morgan fingerprint density at radius 2 is 1.62 bits per heavy atom. The lowest BCUT2D eigenvalue weighted by molar-refractivity contribution is -0.130. The van der Waals surface area contributed by atoms with Gasteiger partial charge in [0.15, 0.2) is 0 Å². The summed E-state index contributed by atoms with van der Waals surface area (Å²) in [5.41, 5.74) is 0.878. The van der Waals surface area contributed by atoms with Crippen molar-refractivity contribution in [3.05, 3.63) is 39.9 Å². The second-order valence-electron chi connectivity index (χ2n) is 9.55. The van der Waals surface area contributed by atoms with Crippen molar-refractivity contribution in [3.8, 4) is 0 Å². The van der Waals surface area contributed by atoms with Crippen LogP contribution in [0.15, 0.2) is 23.1 Å². The van der Waals surface area contributed by atoms with Gasteiger partial charge in [0.25, 0.3) is 5.91 Å². The van der Waals surface area contributed by atoms with Crippen LogP contribution in [-0.2, 0) is 4.79 Å². The number of pyridine rings is 1. The molecule has 2 aliphatic heterocycles. The number of amides is 2. The minimum absolute atomic E-state index is 0.0173. The van der Waals surface area contributed by atoms with Crippen LogP contribution in [0, 0.1) is 5.82 Å². The van der Waals surface area contributed by atoms with Crippen LogP contribution in [0.1, 0.15) is 43.1 Å². The number of piperazine rings is 2. The van der Waals surface area contributed by atoms with E-state index in [1.807, 2.05) is 4.57 Å². The zero-order valence-corrected chi connectivity index (χ0v) is 19.9. The van der Waals surface area contributed by atoms with Crippen molar-refractivity contribution in [2.45, 2.75) is 32.7 Å². The van der Waals surface area contributed by atoms with E-state index in [1.165, 1.54) is 13.0 Å². The number of halogens is 1. The summed E-state index contributed by atoms with van der Waals surface area (Å²) < 4.78 is 17.3. The maximum Gasteiger partial charge on any atom is 0.259 e. The molecule has 9 heteroatoms. The maximum atomic E-state index is 15.3. The van der Waals surface area contributed by atoms with Gasteiger partial charge in [0, 0.05) is 76.9 Å². The van der Waals surface area contributed by atoms with Crippen molar-refractivity contribution in [3.63, 3.8) is 0 Å². The number of likely N-dealkylation sites (N-methyl/N-ethyl adjacent to an activating group) is 1. The summed E-state index contributed by atoms with van der Waals surface area (Å²) in [4.78, 5) is 46.0. The molecule has 5 rings (SSSR count). The average Bonchev–Trinajstić information content (AvgIpc) is 3.69. The molecular weight excluding hydrogens is 437 g/mol. The summed E-state index contributed by atoms with van der Waals surface area (Å²) >= 11 is 0. The number of rotatable bonds is 4. The molecule has 1 saturated carbocycles. The van der Waals surface area contributed by atoms with Crippen molar-refractivity contribution in [2.75, 3.05) is 63.8 Å². The van der Waals surface area contributed by atoms with E-state index in [2.05, 4.69) is 16.7 Å². The fourth-order valence-electron chi connectivity index (χ4n) is 5.11. The monoisotopic (exact) mass is 469 g/mol. The Kier molecular flexibility index (Phi) is 6.06. The lowest BCUT2D eigenvalue weighted by atomic mass is 10.1. The van der Waals surface area contributed by atoms with Crippen molar-refractivity contribution in [2.24, 2.45) is 0 Å². The van der Waals surface area contributed by atoms with Crippen molar-refractivity contribution < 1.29 is 14.0 Å². The molecule has 0 radical (unpaired) electrons. The van der Waals surface area contributed by atoms with E-state index in [4.69, 9.17) is 0 Å². The smallest absolute Gasteiger partial charge is 0.259 e. The number of anilines is 1. The fraction of sp³-hybridized carbons (Fsp3) is 0.560. The number of carbonyl (C=O) groups is 2. The molecule has 2 amide bonds. The third-order valence-electron chi connectivity index (χ3n) is 7.44. The first-order chi connectivity index (χ1) is 16.4. The molecule has 3 heterocycles. The van der Waals surface area contributed by atoms with Crippen LogP contribution in [0.2, 0.25) is 0 Å². The molecule has 1 aliphatic carbocycles. The lowest BCUT2D eigenvalue weighted by Crippen LogP contribution is -2.50. The molecule has 2 aromatic rings. The second-order valence-corrected chi connectivity index (χ2v) is 9.55. The van der Waals surface area contributed by atoms with E-state index in [9.17, 15) is 14.4 Å². The van der Waals surface area contributed by atoms with Crippen LogP contribution in [0.25, 0.3) is 10.9 Å². The Balaban J connectivity index is 1.50. The predicted molar refractivity (Wildman–Crippen MR) is 129 cm³/mol. The van der Waals surface area contributed by atoms with E-state index < -0.39 is 11.2 Å². The Bertz CT molecular complexity index is 1180. The standard InChI is InChI=1S/C25H32FN5O3/c1-3-27-6-8-29(9-7-27)23-15-22-19(14-21(23)26)24(33)20(16-31(22)18-4-5-18)25(34)30-12-10-28(11-13-30)17(2)32/h14-16,18H,3-13H2,1-2H3. The predicted octanol–water partition coefficient (Wildman–Crippen LogP) is 1.92. The van der Waals surface area contributed by atoms with E-state index in [0.29, 0.717) is 37.4 Å². The van der Waals surface area contributed by atoms with E-state index >= 15 is 4.39 Å². The van der Waals surface area contributed by atoms with Gasteiger partial charge in [0.2, 0.25) is 11.3 Å². The first-order valence-corrected chi connectivity index (χ1v) is 12.3. The minimum atomic E-state index is -0.424. The van der Waals surface area contributed by atoms with E-state index in [0.717, 1.165) is 45.6 Å². The highest BCUT2D eigenvalue weighted by atomic mass is 19.1. The molecule has 34 heavy (non-hydrogen) atoms. The summed E-state index contributed by atoms with van der Waals surface area (Å²) in [6.07, 6.45) is 3.63. The SMILES string of the molecule is CCN1CCN(c2cc3c(cc2F)c(=O)c(C(=O)N2CCN(C(C)=O)CC2)cn3C2CC2)CC1. The highest BCUT2D eigenvalue weighted by Gasteiger charge is 2.31. The van der Waals surface area contributed by atoms with Crippen LogP contribution in [0.4, 0.5) is 10.1 Å². The van der Waals surface area contributed by atoms with E-state index in [1.54, 1.807) is 22.1 Å². The van der Waals surface area contributed by atoms with Crippen molar-refractivity contribution in [1.82, 2.24) is 19.3 Å². The average molecular weight is 470 g/mol. The number of nitrogens with zero attached hydrogens (tertiary/aromatic N) is 5. The molecule has 182 valence electrons. The van der Waals surface area contributed by atoms with Gasteiger partial charge in [0.1, 0.15) is 11.4 Å². The highest BCUT2D eigenvalue weighted by molar-refractivity contribution is 5.98. The van der Waals surface area contributed by atoms with Crippen LogP contribution in [0.3, 0.4) is 0 Å². The molecule has 0 unspecified atom stereocenters. The molecule has 0 bridgehead atoms. The van der Waals surface area contributed by atoms with E-state index in [-0.39, 0.29) is 28.8 Å². The van der Waals surface area contributed by atoms with Gasteiger partial charge < -0.3 is 24.2 Å². The number of hydrogen-bond acceptors (Lipinski definition) is 5. The molecule has 3 aliphatic rings. The fourth-order valence-corrected chi connectivity index (χ4v) is 5.11. The summed E-state index contributed by atoms with van der Waals surface area (Å²) in [5.74, 6) is -0.780. The Morgan fingerprint density at radius 1 is 0.971 bits per heavy atom. The van der Waals surface area contributed by atoms with Gasteiger partial charge in [-0.15, -0.1) is 0 Å². The van der Waals surface area contributed by atoms with Gasteiger partial charge >= 0.3 is 0 Å². The third-order valence-corrected chi connectivity index (χ3v) is 7.44. The maximum absolute atomic E-state index is 15.3. The summed E-state index contributed by atoms with van der Waals surface area (Å²) in [5, 5.41) is 0.258. The molecule has 0 spiro atoms. The zero-order chi connectivity index (χ0) is 24.0. The van der Waals surface area contributed by atoms with Gasteiger partial charge in [-0.3, -0.25) is 14.4 Å². The zero-order valence-electron chi connectivity index (χ0n) is 19.9. The van der Waals surface area contributed by atoms with Crippen LogP contribution in [0.5, 0.6) is 0 Å². The van der Waals surface area contributed by atoms with Gasteiger partial charge in [-0.25, -0.2) is 4.39 Å². The quantitative estimate of drug-likeness (QED) is 0.685. The number of carbonyl (C=O) groups excluding carboxylic acids is 2. The van der Waals surface area contributed by atoms with Gasteiger partial charge in [-0.05, 0) is 31.5 Å². The summed E-state index contributed by atoms with van der Waals surface area (Å²) in [7, 11) is 0. The molecule has 1 aromatic heterocycles. The molecule has 0 N–H and O–H groups in total. The van der Waals surface area contributed by atoms with Crippen molar-refractivity contribution >= 4 is 28.4 Å². The molecular formula is C25H32FN5O3. The first-order valence-electron chi connectivity index (χ1n) is 12.3. The van der Waals surface area contributed by atoms with Gasteiger partial charge in [-0.2, -0.15) is 0 Å². The summed E-state index contributed by atoms with van der Waals surface area (Å²) in [6, 6.07) is 3.34. The molecule has 8 nitrogen and oxygen atoms in total. The third kappa shape index (κ3) is 4.17. The normalized spacial score (nSPS) is 19.7. The highest BCUT2D eigenvalue weighted by Crippen LogP contribution is 2.38. The van der Waals surface area contributed by atoms with Gasteiger partial charge in [-0.1, -0.05) is 6.92 Å². The minimum Gasteiger partial charge on any atom is -0.367 e. The number of hydrogen-bond donors (Lipinski definition) is 0. The lowest BCUT2D eigenvalue weighted by Gasteiger charge is -2.36.